The van der Waals surface area contributed by atoms with E-state index in [-0.39, 0.29) is 18.5 Å². The van der Waals surface area contributed by atoms with Crippen molar-refractivity contribution in [1.29, 1.82) is 0 Å². The molecule has 81 heavy (non-hydrogen) atoms. The summed E-state index contributed by atoms with van der Waals surface area (Å²) in [5.41, 5.74) is 0. The van der Waals surface area contributed by atoms with Gasteiger partial charge in [0, 0.05) is 12.8 Å². The van der Waals surface area contributed by atoms with E-state index < -0.39 is 12.1 Å². The van der Waals surface area contributed by atoms with Gasteiger partial charge in [0.2, 0.25) is 5.91 Å². The monoisotopic (exact) mass is 1140 g/mol. The highest BCUT2D eigenvalue weighted by molar-refractivity contribution is 5.76. The number of aliphatic hydroxyl groups is 2. The van der Waals surface area contributed by atoms with Gasteiger partial charge in [-0.05, 0) is 25.7 Å². The number of unbranched alkanes of at least 4 members (excludes halogenated alkanes) is 61. The van der Waals surface area contributed by atoms with E-state index >= 15 is 0 Å². The van der Waals surface area contributed by atoms with Crippen LogP contribution in [-0.2, 0) is 14.3 Å². The van der Waals surface area contributed by atoms with E-state index in [2.05, 4.69) is 19.2 Å². The lowest BCUT2D eigenvalue weighted by atomic mass is 10.0. The maximum atomic E-state index is 12.4. The van der Waals surface area contributed by atoms with Crippen LogP contribution >= 0.6 is 0 Å². The summed E-state index contributed by atoms with van der Waals surface area (Å²) in [6.45, 7) is 4.98. The molecule has 0 aliphatic carbocycles. The number of nitrogens with one attached hydrogen (secondary N) is 1. The van der Waals surface area contributed by atoms with Crippen molar-refractivity contribution in [2.75, 3.05) is 13.2 Å². The predicted molar refractivity (Wildman–Crippen MR) is 357 cm³/mol. The summed E-state index contributed by atoms with van der Waals surface area (Å²) in [6, 6.07) is -0.533. The van der Waals surface area contributed by atoms with Gasteiger partial charge in [-0.2, -0.15) is 0 Å². The Bertz CT molecular complexity index is 1180. The molecule has 0 aliphatic heterocycles. The Morgan fingerprint density at radius 2 is 0.506 bits per heavy atom. The van der Waals surface area contributed by atoms with Gasteiger partial charge >= 0.3 is 5.97 Å². The van der Waals surface area contributed by atoms with Crippen LogP contribution in [0.2, 0.25) is 0 Å². The highest BCUT2D eigenvalue weighted by Crippen LogP contribution is 2.20. The maximum absolute atomic E-state index is 12.4. The lowest BCUT2D eigenvalue weighted by Gasteiger charge is -2.22. The highest BCUT2D eigenvalue weighted by Gasteiger charge is 2.20. The molecular formula is C75H149NO5. The van der Waals surface area contributed by atoms with Crippen molar-refractivity contribution in [3.63, 3.8) is 0 Å². The lowest BCUT2D eigenvalue weighted by Crippen LogP contribution is -2.45. The summed E-state index contributed by atoms with van der Waals surface area (Å²) in [5, 5.41) is 23.2. The van der Waals surface area contributed by atoms with Crippen molar-refractivity contribution < 1.29 is 24.5 Å². The number of aliphatic hydroxyl groups excluding tert-OH is 2. The van der Waals surface area contributed by atoms with E-state index in [1.807, 2.05) is 0 Å². The first-order valence-electron chi connectivity index (χ1n) is 37.8. The van der Waals surface area contributed by atoms with Crippen molar-refractivity contribution >= 4 is 11.9 Å². The molecule has 0 bridgehead atoms. The Morgan fingerprint density at radius 3 is 0.753 bits per heavy atom. The average Bonchev–Trinajstić information content (AvgIpc) is 3.47. The third-order valence-electron chi connectivity index (χ3n) is 18.2. The summed E-state index contributed by atoms with van der Waals surface area (Å²) < 4.78 is 5.51. The zero-order chi connectivity index (χ0) is 58.5. The fourth-order valence-corrected chi connectivity index (χ4v) is 12.4. The van der Waals surface area contributed by atoms with Crippen LogP contribution in [0, 0.1) is 0 Å². The van der Waals surface area contributed by atoms with Gasteiger partial charge in [-0.1, -0.05) is 406 Å². The second kappa shape index (κ2) is 71.3. The van der Waals surface area contributed by atoms with E-state index in [0.717, 1.165) is 38.5 Å². The van der Waals surface area contributed by atoms with E-state index in [1.54, 1.807) is 0 Å². The minimum Gasteiger partial charge on any atom is -0.466 e. The Labute approximate surface area is 508 Å². The number of amides is 1. The van der Waals surface area contributed by atoms with Crippen LogP contribution in [0.1, 0.15) is 444 Å². The maximum Gasteiger partial charge on any atom is 0.305 e. The van der Waals surface area contributed by atoms with Crippen LogP contribution in [0.25, 0.3) is 0 Å². The standard InChI is InChI=1S/C75H149NO5/c1-3-5-7-9-11-13-14-15-16-43-46-49-53-57-61-65-69-75(80)81-70-66-62-58-54-50-47-44-41-39-37-35-33-31-29-27-25-23-21-19-17-18-20-22-24-26-28-30-32-34-36-38-40-42-45-48-52-56-60-64-68-74(79)76-72(71-77)73(78)67-63-59-55-51-12-10-8-6-4-2/h72-73,77-78H,3-71H2,1-2H3,(H,76,79). The highest BCUT2D eigenvalue weighted by atomic mass is 16.5. The van der Waals surface area contributed by atoms with Crippen molar-refractivity contribution in [2.24, 2.45) is 0 Å². The molecule has 2 unspecified atom stereocenters. The Balaban J connectivity index is 3.24. The molecule has 2 atom stereocenters. The van der Waals surface area contributed by atoms with Crippen molar-refractivity contribution in [3.05, 3.63) is 0 Å². The molecular weight excluding hydrogens is 995 g/mol. The smallest absolute Gasteiger partial charge is 0.305 e. The van der Waals surface area contributed by atoms with Crippen LogP contribution < -0.4 is 5.32 Å². The first kappa shape index (κ1) is 79.9. The van der Waals surface area contributed by atoms with Gasteiger partial charge in [-0.3, -0.25) is 9.59 Å². The molecule has 0 aromatic heterocycles. The van der Waals surface area contributed by atoms with E-state index in [9.17, 15) is 19.8 Å². The van der Waals surface area contributed by atoms with Gasteiger partial charge in [-0.25, -0.2) is 0 Å². The predicted octanol–water partition coefficient (Wildman–Crippen LogP) is 24.5. The number of ether oxygens (including phenoxy) is 1. The second-order valence-electron chi connectivity index (χ2n) is 26.4. The summed E-state index contributed by atoms with van der Waals surface area (Å²) >= 11 is 0. The molecule has 0 spiro atoms. The third-order valence-corrected chi connectivity index (χ3v) is 18.2. The van der Waals surface area contributed by atoms with Gasteiger partial charge < -0.3 is 20.3 Å². The Morgan fingerprint density at radius 1 is 0.296 bits per heavy atom. The average molecular weight is 1150 g/mol. The molecule has 0 rings (SSSR count). The number of carbonyl (C=O) groups is 2. The topological polar surface area (TPSA) is 95.9 Å². The molecule has 6 heteroatoms. The fourth-order valence-electron chi connectivity index (χ4n) is 12.4. The largest absolute Gasteiger partial charge is 0.466 e. The third kappa shape index (κ3) is 67.9. The van der Waals surface area contributed by atoms with Gasteiger partial charge in [0.05, 0.1) is 25.4 Å². The van der Waals surface area contributed by atoms with Gasteiger partial charge in [0.1, 0.15) is 0 Å². The molecule has 0 radical (unpaired) electrons. The van der Waals surface area contributed by atoms with E-state index in [1.165, 1.54) is 372 Å². The molecule has 3 N–H and O–H groups in total. The summed E-state index contributed by atoms with van der Waals surface area (Å²) in [7, 11) is 0. The van der Waals surface area contributed by atoms with Crippen molar-refractivity contribution in [2.45, 2.75) is 456 Å². The molecule has 0 heterocycles. The zero-order valence-electron chi connectivity index (χ0n) is 55.6. The fraction of sp³-hybridized carbons (Fsp3) is 0.973. The van der Waals surface area contributed by atoms with Crippen molar-refractivity contribution in [1.82, 2.24) is 5.32 Å². The van der Waals surface area contributed by atoms with E-state index in [4.69, 9.17) is 4.74 Å². The summed E-state index contributed by atoms with van der Waals surface area (Å²) in [5.74, 6) is 0.0000652. The Hall–Kier alpha value is -1.14. The molecule has 0 aromatic carbocycles. The van der Waals surface area contributed by atoms with Crippen LogP contribution in [0.3, 0.4) is 0 Å². The van der Waals surface area contributed by atoms with Gasteiger partial charge in [0.15, 0.2) is 0 Å². The quantitative estimate of drug-likeness (QED) is 0.0417. The number of hydrogen-bond acceptors (Lipinski definition) is 5. The molecule has 484 valence electrons. The zero-order valence-corrected chi connectivity index (χ0v) is 55.6. The normalized spacial score (nSPS) is 12.4. The van der Waals surface area contributed by atoms with Gasteiger partial charge in [0.25, 0.3) is 0 Å². The van der Waals surface area contributed by atoms with E-state index in [0.29, 0.717) is 25.9 Å². The Kier molecular flexibility index (Phi) is 70.3. The molecule has 0 aliphatic rings. The van der Waals surface area contributed by atoms with Gasteiger partial charge in [-0.15, -0.1) is 0 Å². The molecule has 0 fully saturated rings. The first-order valence-corrected chi connectivity index (χ1v) is 37.8. The molecule has 1 amide bonds. The molecule has 0 saturated heterocycles. The van der Waals surface area contributed by atoms with Crippen LogP contribution in [0.15, 0.2) is 0 Å². The number of rotatable bonds is 72. The SMILES string of the molecule is CCCCCCCCCCCCCCCCCCC(=O)OCCCCCCCCCCCCCCCCCCCCCCCCCCCCCCCCCCCCCCCCCC(=O)NC(CO)C(O)CCCCCCCCCCC. The minimum atomic E-state index is -0.656. The van der Waals surface area contributed by atoms with Crippen LogP contribution in [0.5, 0.6) is 0 Å². The molecule has 0 saturated carbocycles. The first-order chi connectivity index (χ1) is 40.0. The molecule has 6 nitrogen and oxygen atoms in total. The van der Waals surface area contributed by atoms with Crippen LogP contribution in [-0.4, -0.2) is 47.4 Å². The number of esters is 1. The minimum absolute atomic E-state index is 0.0286. The summed E-state index contributed by atoms with van der Waals surface area (Å²) in [6.07, 6.45) is 87.8. The second-order valence-corrected chi connectivity index (χ2v) is 26.4. The number of hydrogen-bond donors (Lipinski definition) is 3. The number of carbonyl (C=O) groups excluding carboxylic acids is 2. The summed E-state index contributed by atoms with van der Waals surface area (Å²) in [4.78, 5) is 24.5. The lowest BCUT2D eigenvalue weighted by molar-refractivity contribution is -0.143. The van der Waals surface area contributed by atoms with Crippen LogP contribution in [0.4, 0.5) is 0 Å². The van der Waals surface area contributed by atoms with Crippen molar-refractivity contribution in [3.8, 4) is 0 Å². The molecule has 0 aromatic rings.